The van der Waals surface area contributed by atoms with Crippen molar-refractivity contribution in [2.75, 3.05) is 0 Å². The first-order chi connectivity index (χ1) is 5.70. The molecule has 0 amide bonds. The van der Waals surface area contributed by atoms with Crippen molar-refractivity contribution in [1.82, 2.24) is 0 Å². The highest BCUT2D eigenvalue weighted by molar-refractivity contribution is 9.10. The van der Waals surface area contributed by atoms with Crippen LogP contribution in [-0.4, -0.2) is 0 Å². The summed E-state index contributed by atoms with van der Waals surface area (Å²) in [6, 6.07) is 4.19. The van der Waals surface area contributed by atoms with Gasteiger partial charge in [0.1, 0.15) is 0 Å². The molecule has 0 spiro atoms. The number of hydrogen-bond acceptors (Lipinski definition) is 2. The number of aryl methyl sites for hydroxylation is 1. The summed E-state index contributed by atoms with van der Waals surface area (Å²) < 4.78 is 2.45. The van der Waals surface area contributed by atoms with Crippen molar-refractivity contribution in [2.45, 2.75) is 11.8 Å². The lowest BCUT2D eigenvalue weighted by molar-refractivity contribution is 1.35. The zero-order valence-electron chi connectivity index (χ0n) is 6.47. The first kappa shape index (κ1) is 8.60. The van der Waals surface area contributed by atoms with E-state index in [1.807, 2.05) is 0 Å². The molecule has 0 N–H and O–H groups in total. The van der Waals surface area contributed by atoms with Crippen LogP contribution in [0.1, 0.15) is 5.56 Å². The highest BCUT2D eigenvalue weighted by Gasteiger charge is 2.05. The number of rotatable bonds is 0. The van der Waals surface area contributed by atoms with Crippen molar-refractivity contribution in [3.63, 3.8) is 0 Å². The Morgan fingerprint density at radius 1 is 1.50 bits per heavy atom. The third-order valence-electron chi connectivity index (χ3n) is 1.93. The van der Waals surface area contributed by atoms with E-state index < -0.39 is 0 Å². The lowest BCUT2D eigenvalue weighted by Gasteiger charge is -2.02. The number of thiophene rings is 1. The molecule has 1 heterocycles. The van der Waals surface area contributed by atoms with Crippen LogP contribution in [-0.2, 0) is 0 Å². The summed E-state index contributed by atoms with van der Waals surface area (Å²) in [7, 11) is 0. The molecule has 0 fully saturated rings. The molecule has 0 atom stereocenters. The number of fused-ring (bicyclic) bond motifs is 1. The van der Waals surface area contributed by atoms with Crippen LogP contribution in [0.3, 0.4) is 0 Å². The summed E-state index contributed by atoms with van der Waals surface area (Å²) in [5.74, 6) is 0. The molecule has 3 heteroatoms. The SMILES string of the molecule is Cc1c(S)cc(Br)c2sccc12. The lowest BCUT2D eigenvalue weighted by Crippen LogP contribution is -1.77. The molecule has 0 radical (unpaired) electrons. The molecule has 0 saturated carbocycles. The predicted molar refractivity (Wildman–Crippen MR) is 61.5 cm³/mol. The van der Waals surface area contributed by atoms with Crippen molar-refractivity contribution < 1.29 is 0 Å². The van der Waals surface area contributed by atoms with Crippen molar-refractivity contribution in [1.29, 1.82) is 0 Å². The Morgan fingerprint density at radius 2 is 2.25 bits per heavy atom. The van der Waals surface area contributed by atoms with E-state index in [4.69, 9.17) is 0 Å². The van der Waals surface area contributed by atoms with E-state index >= 15 is 0 Å². The summed E-state index contributed by atoms with van der Waals surface area (Å²) in [5, 5.41) is 3.41. The van der Waals surface area contributed by atoms with E-state index in [1.54, 1.807) is 11.3 Å². The molecular formula is C9H7BrS2. The standard InChI is InChI=1S/C9H7BrS2/c1-5-6-2-3-12-9(6)7(10)4-8(5)11/h2-4,11H,1H3. The number of benzene rings is 1. The van der Waals surface area contributed by atoms with Crippen LogP contribution >= 0.6 is 39.9 Å². The minimum absolute atomic E-state index is 1.05. The third kappa shape index (κ3) is 1.20. The molecule has 0 aliphatic heterocycles. The molecule has 2 aromatic rings. The molecule has 62 valence electrons. The zero-order chi connectivity index (χ0) is 8.72. The molecule has 0 bridgehead atoms. The Bertz CT molecular complexity index is 431. The van der Waals surface area contributed by atoms with E-state index in [1.165, 1.54) is 15.6 Å². The van der Waals surface area contributed by atoms with E-state index in [2.05, 4.69) is 53.0 Å². The Hall–Kier alpha value is 0.01000. The van der Waals surface area contributed by atoms with Gasteiger partial charge in [0.2, 0.25) is 0 Å². The second kappa shape index (κ2) is 3.05. The normalized spacial score (nSPS) is 10.9. The van der Waals surface area contributed by atoms with Gasteiger partial charge in [-0.05, 0) is 51.3 Å². The smallest absolute Gasteiger partial charge is 0.0488 e. The van der Waals surface area contributed by atoms with Crippen molar-refractivity contribution in [3.05, 3.63) is 27.5 Å². The summed E-state index contributed by atoms with van der Waals surface area (Å²) in [6.45, 7) is 2.10. The van der Waals surface area contributed by atoms with Gasteiger partial charge in [-0.25, -0.2) is 0 Å². The quantitative estimate of drug-likeness (QED) is 0.671. The van der Waals surface area contributed by atoms with Crippen molar-refractivity contribution >= 4 is 50.0 Å². The van der Waals surface area contributed by atoms with Gasteiger partial charge in [0, 0.05) is 14.1 Å². The van der Waals surface area contributed by atoms with Gasteiger partial charge in [-0.1, -0.05) is 0 Å². The molecule has 2 rings (SSSR count). The van der Waals surface area contributed by atoms with Crippen LogP contribution in [0.25, 0.3) is 10.1 Å². The first-order valence-corrected chi connectivity index (χ1v) is 5.67. The second-order valence-corrected chi connectivity index (χ2v) is 4.92. The van der Waals surface area contributed by atoms with Gasteiger partial charge in [0.05, 0.1) is 0 Å². The summed E-state index contributed by atoms with van der Waals surface area (Å²) in [6.07, 6.45) is 0. The summed E-state index contributed by atoms with van der Waals surface area (Å²) in [5.41, 5.74) is 1.26. The Labute approximate surface area is 89.1 Å². The van der Waals surface area contributed by atoms with E-state index in [9.17, 15) is 0 Å². The molecule has 0 aliphatic carbocycles. The van der Waals surface area contributed by atoms with Gasteiger partial charge in [-0.3, -0.25) is 0 Å². The van der Waals surface area contributed by atoms with Gasteiger partial charge < -0.3 is 0 Å². The van der Waals surface area contributed by atoms with E-state index in [-0.39, 0.29) is 0 Å². The first-order valence-electron chi connectivity index (χ1n) is 3.55. The van der Waals surface area contributed by atoms with Crippen molar-refractivity contribution in [3.8, 4) is 0 Å². The molecule has 12 heavy (non-hydrogen) atoms. The van der Waals surface area contributed by atoms with Crippen molar-refractivity contribution in [2.24, 2.45) is 0 Å². The zero-order valence-corrected chi connectivity index (χ0v) is 9.76. The maximum absolute atomic E-state index is 4.39. The molecule has 0 saturated heterocycles. The average Bonchev–Trinajstić information content (AvgIpc) is 2.48. The summed E-state index contributed by atoms with van der Waals surface area (Å²) in [4.78, 5) is 1.05. The molecule has 0 nitrogen and oxygen atoms in total. The molecule has 0 aliphatic rings. The Kier molecular flexibility index (Phi) is 2.19. The fourth-order valence-electron chi connectivity index (χ4n) is 1.22. The van der Waals surface area contributed by atoms with Gasteiger partial charge in [-0.15, -0.1) is 24.0 Å². The van der Waals surface area contributed by atoms with Crippen LogP contribution in [0.5, 0.6) is 0 Å². The monoisotopic (exact) mass is 258 g/mol. The predicted octanol–water partition coefficient (Wildman–Crippen LogP) is 4.26. The molecular weight excluding hydrogens is 252 g/mol. The fraction of sp³-hybridized carbons (Fsp3) is 0.111. The van der Waals surface area contributed by atoms with Crippen LogP contribution in [0, 0.1) is 6.92 Å². The fourth-order valence-corrected chi connectivity index (χ4v) is 3.23. The number of hydrogen-bond donors (Lipinski definition) is 1. The molecule has 1 aromatic carbocycles. The largest absolute Gasteiger partial charge is 0.143 e. The van der Waals surface area contributed by atoms with E-state index in [0.717, 1.165) is 9.37 Å². The molecule has 0 unspecified atom stereocenters. The second-order valence-electron chi connectivity index (χ2n) is 2.67. The third-order valence-corrected chi connectivity index (χ3v) is 4.23. The Morgan fingerprint density at radius 3 is 3.00 bits per heavy atom. The minimum Gasteiger partial charge on any atom is -0.143 e. The number of thiol groups is 1. The summed E-state index contributed by atoms with van der Waals surface area (Å²) >= 11 is 9.67. The van der Waals surface area contributed by atoms with Gasteiger partial charge in [0.25, 0.3) is 0 Å². The topological polar surface area (TPSA) is 0 Å². The minimum atomic E-state index is 1.05. The van der Waals surface area contributed by atoms with Gasteiger partial charge >= 0.3 is 0 Å². The lowest BCUT2D eigenvalue weighted by atomic mass is 10.1. The maximum atomic E-state index is 4.39. The van der Waals surface area contributed by atoms with Gasteiger partial charge in [0.15, 0.2) is 0 Å². The maximum Gasteiger partial charge on any atom is 0.0488 e. The highest BCUT2D eigenvalue weighted by atomic mass is 79.9. The molecule has 1 aromatic heterocycles. The average molecular weight is 259 g/mol. The number of halogens is 1. The van der Waals surface area contributed by atoms with Crippen LogP contribution < -0.4 is 0 Å². The van der Waals surface area contributed by atoms with Crippen LogP contribution in [0.2, 0.25) is 0 Å². The van der Waals surface area contributed by atoms with E-state index in [0.29, 0.717) is 0 Å². The Balaban J connectivity index is 2.97. The van der Waals surface area contributed by atoms with Crippen LogP contribution in [0.15, 0.2) is 26.9 Å². The van der Waals surface area contributed by atoms with Gasteiger partial charge in [-0.2, -0.15) is 0 Å². The van der Waals surface area contributed by atoms with Crippen LogP contribution in [0.4, 0.5) is 0 Å². The highest BCUT2D eigenvalue weighted by Crippen LogP contribution is 2.34.